The lowest BCUT2D eigenvalue weighted by Crippen LogP contribution is -2.52. The lowest BCUT2D eigenvalue weighted by atomic mass is 9.73. The Morgan fingerprint density at radius 3 is 2.06 bits per heavy atom. The number of benzene rings is 1. The Labute approximate surface area is 202 Å². The highest BCUT2D eigenvalue weighted by molar-refractivity contribution is 6.74. The van der Waals surface area contributed by atoms with Gasteiger partial charge in [0.05, 0.1) is 30.8 Å². The van der Waals surface area contributed by atoms with E-state index < -0.39 is 25.8 Å². The van der Waals surface area contributed by atoms with Crippen LogP contribution < -0.4 is 0 Å². The Kier molecular flexibility index (Phi) is 10.7. The summed E-state index contributed by atoms with van der Waals surface area (Å²) in [4.78, 5) is 25.1. The number of carbonyl (C=O) groups is 2. The first-order chi connectivity index (χ1) is 15.0. The molecule has 0 fully saturated rings. The summed E-state index contributed by atoms with van der Waals surface area (Å²) in [7, 11) is -2.18. The van der Waals surface area contributed by atoms with Crippen molar-refractivity contribution in [1.82, 2.24) is 0 Å². The Bertz CT molecular complexity index is 766. The maximum atomic E-state index is 13.6. The van der Waals surface area contributed by atoms with E-state index in [-0.39, 0.29) is 35.0 Å². The summed E-state index contributed by atoms with van der Waals surface area (Å²) in [5.74, 6) is -0.698. The van der Waals surface area contributed by atoms with E-state index in [2.05, 4.69) is 40.8 Å². The molecule has 188 valence electrons. The van der Waals surface area contributed by atoms with Gasteiger partial charge in [0.15, 0.2) is 8.32 Å². The molecule has 4 atom stereocenters. The van der Waals surface area contributed by atoms with Crippen LogP contribution in [0.2, 0.25) is 18.1 Å². The van der Waals surface area contributed by atoms with Crippen LogP contribution in [0.15, 0.2) is 30.3 Å². The molecular formula is C27H46O5Si. The van der Waals surface area contributed by atoms with E-state index in [0.717, 1.165) is 5.56 Å². The summed E-state index contributed by atoms with van der Waals surface area (Å²) in [6.07, 6.45) is -1.41. The van der Waals surface area contributed by atoms with Gasteiger partial charge in [0, 0.05) is 18.3 Å². The van der Waals surface area contributed by atoms with Gasteiger partial charge in [0.1, 0.15) is 11.6 Å². The summed E-state index contributed by atoms with van der Waals surface area (Å²) in [6, 6.07) is 10.0. The number of hydrogen-bond donors (Lipinski definition) is 1. The van der Waals surface area contributed by atoms with E-state index in [1.54, 1.807) is 13.8 Å². The molecular weight excluding hydrogens is 432 g/mol. The zero-order chi connectivity index (χ0) is 25.6. The van der Waals surface area contributed by atoms with E-state index in [9.17, 15) is 14.7 Å². The molecule has 1 unspecified atom stereocenters. The van der Waals surface area contributed by atoms with Gasteiger partial charge >= 0.3 is 0 Å². The van der Waals surface area contributed by atoms with Gasteiger partial charge in [-0.05, 0) is 30.6 Å². The number of aliphatic hydroxyl groups excluding tert-OH is 1. The predicted molar refractivity (Wildman–Crippen MR) is 137 cm³/mol. The number of Topliss-reactive ketones (excluding diaryl/α,β-unsaturated/α-hetero) is 2. The van der Waals surface area contributed by atoms with Gasteiger partial charge in [-0.1, -0.05) is 78.8 Å². The van der Waals surface area contributed by atoms with E-state index in [1.807, 2.05) is 37.3 Å². The Morgan fingerprint density at radius 1 is 1.03 bits per heavy atom. The highest BCUT2D eigenvalue weighted by Gasteiger charge is 2.46. The third-order valence-corrected chi connectivity index (χ3v) is 11.6. The largest absolute Gasteiger partial charge is 0.413 e. The molecule has 1 aromatic carbocycles. The van der Waals surface area contributed by atoms with Gasteiger partial charge < -0.3 is 14.3 Å². The van der Waals surface area contributed by atoms with E-state index >= 15 is 0 Å². The summed E-state index contributed by atoms with van der Waals surface area (Å²) in [5, 5.41) is 10.6. The highest BCUT2D eigenvalue weighted by Crippen LogP contribution is 2.40. The molecule has 0 saturated heterocycles. The second-order valence-electron chi connectivity index (χ2n) is 11.6. The zero-order valence-electron chi connectivity index (χ0n) is 22.4. The Morgan fingerprint density at radius 2 is 1.58 bits per heavy atom. The van der Waals surface area contributed by atoms with Crippen LogP contribution in [0, 0.1) is 17.3 Å². The number of hydrogen-bond acceptors (Lipinski definition) is 5. The van der Waals surface area contributed by atoms with Gasteiger partial charge in [-0.25, -0.2) is 0 Å². The van der Waals surface area contributed by atoms with Gasteiger partial charge in [-0.2, -0.15) is 0 Å². The third-order valence-electron chi connectivity index (χ3n) is 7.15. The van der Waals surface area contributed by atoms with Gasteiger partial charge in [-0.3, -0.25) is 9.59 Å². The minimum atomic E-state index is -2.18. The van der Waals surface area contributed by atoms with Crippen molar-refractivity contribution in [2.45, 2.75) is 98.8 Å². The molecule has 0 aliphatic rings. The first-order valence-corrected chi connectivity index (χ1v) is 14.9. The van der Waals surface area contributed by atoms with Crippen LogP contribution in [0.5, 0.6) is 0 Å². The molecule has 0 aliphatic heterocycles. The van der Waals surface area contributed by atoms with Crippen LogP contribution in [0.25, 0.3) is 0 Å². The summed E-state index contributed by atoms with van der Waals surface area (Å²) in [5.41, 5.74) is 0.0502. The Hall–Kier alpha value is -1.34. The van der Waals surface area contributed by atoms with E-state index in [1.165, 1.54) is 6.92 Å². The molecule has 0 aliphatic carbocycles. The van der Waals surface area contributed by atoms with Crippen LogP contribution >= 0.6 is 0 Å². The standard InChI is InChI=1S/C27H46O5Si/c1-19(17-31-18-22-14-12-11-13-15-22)24(32-33(9,10)26(4,5)6)21(3)25(30)27(7,8)23(29)16-20(2)28/h11-15,19,21,23-24,29H,16-18H2,1-10H3/t19-,21?,23-,24-/m0/s1. The highest BCUT2D eigenvalue weighted by atomic mass is 28.4. The van der Waals surface area contributed by atoms with Crippen LogP contribution in [0.1, 0.15) is 67.4 Å². The van der Waals surface area contributed by atoms with Crippen molar-refractivity contribution in [2.75, 3.05) is 6.61 Å². The first kappa shape index (κ1) is 29.7. The van der Waals surface area contributed by atoms with Crippen LogP contribution in [-0.4, -0.2) is 43.8 Å². The molecule has 0 saturated carbocycles. The Balaban J connectivity index is 3.09. The molecule has 0 bridgehead atoms. The first-order valence-electron chi connectivity index (χ1n) is 12.0. The molecule has 0 radical (unpaired) electrons. The molecule has 0 heterocycles. The molecule has 33 heavy (non-hydrogen) atoms. The molecule has 1 N–H and O–H groups in total. The maximum absolute atomic E-state index is 13.6. The number of ether oxygens (including phenoxy) is 1. The van der Waals surface area contributed by atoms with Crippen molar-refractivity contribution in [3.8, 4) is 0 Å². The van der Waals surface area contributed by atoms with Crippen LogP contribution in [-0.2, 0) is 25.4 Å². The fourth-order valence-electron chi connectivity index (χ4n) is 3.69. The van der Waals surface area contributed by atoms with Crippen molar-refractivity contribution in [3.05, 3.63) is 35.9 Å². The molecule has 0 amide bonds. The molecule has 6 heteroatoms. The summed E-state index contributed by atoms with van der Waals surface area (Å²) >= 11 is 0. The normalized spacial score (nSPS) is 16.7. The summed E-state index contributed by atoms with van der Waals surface area (Å²) < 4.78 is 12.8. The average molecular weight is 479 g/mol. The molecule has 0 spiro atoms. The van der Waals surface area contributed by atoms with Crippen molar-refractivity contribution in [1.29, 1.82) is 0 Å². The second kappa shape index (κ2) is 11.9. The predicted octanol–water partition coefficient (Wildman–Crippen LogP) is 5.80. The second-order valence-corrected chi connectivity index (χ2v) is 16.4. The van der Waals surface area contributed by atoms with Crippen molar-refractivity contribution in [3.63, 3.8) is 0 Å². The monoisotopic (exact) mass is 478 g/mol. The van der Waals surface area contributed by atoms with E-state index in [0.29, 0.717) is 13.2 Å². The van der Waals surface area contributed by atoms with Crippen LogP contribution in [0.3, 0.4) is 0 Å². The lowest BCUT2D eigenvalue weighted by Gasteiger charge is -2.44. The number of rotatable bonds is 13. The smallest absolute Gasteiger partial charge is 0.192 e. The molecule has 5 nitrogen and oxygen atoms in total. The quantitative estimate of drug-likeness (QED) is 0.363. The topological polar surface area (TPSA) is 72.8 Å². The number of carbonyl (C=O) groups excluding carboxylic acids is 2. The third kappa shape index (κ3) is 8.43. The number of ketones is 2. The van der Waals surface area contributed by atoms with Crippen molar-refractivity contribution in [2.24, 2.45) is 17.3 Å². The van der Waals surface area contributed by atoms with Gasteiger partial charge in [-0.15, -0.1) is 0 Å². The fraction of sp³-hybridized carbons (Fsp3) is 0.704. The fourth-order valence-corrected chi connectivity index (χ4v) is 5.16. The average Bonchev–Trinajstić information content (AvgIpc) is 2.70. The molecule has 1 rings (SSSR count). The van der Waals surface area contributed by atoms with E-state index in [4.69, 9.17) is 9.16 Å². The number of aliphatic hydroxyl groups is 1. The van der Waals surface area contributed by atoms with Crippen molar-refractivity contribution >= 4 is 19.9 Å². The molecule has 0 aromatic heterocycles. The molecule has 1 aromatic rings. The lowest BCUT2D eigenvalue weighted by molar-refractivity contribution is -0.142. The van der Waals surface area contributed by atoms with Crippen LogP contribution in [0.4, 0.5) is 0 Å². The zero-order valence-corrected chi connectivity index (χ0v) is 23.4. The maximum Gasteiger partial charge on any atom is 0.192 e. The van der Waals surface area contributed by atoms with Gasteiger partial charge in [0.25, 0.3) is 0 Å². The minimum absolute atomic E-state index is 0.0116. The summed E-state index contributed by atoms with van der Waals surface area (Å²) in [6.45, 7) is 20.7. The SMILES string of the molecule is CC(=O)C[C@H](O)C(C)(C)C(=O)C(C)[C@@H](O[Si](C)(C)C(C)(C)C)[C@@H](C)COCc1ccccc1. The minimum Gasteiger partial charge on any atom is -0.413 e. The van der Waals surface area contributed by atoms with Crippen molar-refractivity contribution < 1.29 is 23.9 Å². The van der Waals surface area contributed by atoms with Gasteiger partial charge in [0.2, 0.25) is 0 Å².